The molecule has 0 spiro atoms. The minimum absolute atomic E-state index is 0.285. The van der Waals surface area contributed by atoms with E-state index >= 15 is 0 Å². The second-order valence-electron chi connectivity index (χ2n) is 5.74. The smallest absolute Gasteiger partial charge is 0.223 e. The summed E-state index contributed by atoms with van der Waals surface area (Å²) >= 11 is 0. The summed E-state index contributed by atoms with van der Waals surface area (Å²) in [4.78, 5) is 3.91. The molecule has 1 fully saturated rings. The van der Waals surface area contributed by atoms with Crippen molar-refractivity contribution in [1.82, 2.24) is 23.8 Å². The number of rotatable bonds is 5. The van der Waals surface area contributed by atoms with Crippen LogP contribution in [0.1, 0.15) is 37.8 Å². The first-order valence-electron chi connectivity index (χ1n) is 7.78. The number of benzene rings is 1. The Morgan fingerprint density at radius 3 is 2.43 bits per heavy atom. The molecule has 1 aliphatic rings. The molecule has 0 bridgehead atoms. The standard InChI is InChI=1S/C15H21N5O2S/c1-13(18-23(21,22)19-9-3-2-4-10-19)14-5-7-15(8-6-14)20-12-16-11-17-20/h5-8,11-13,18H,2-4,9-10H2,1H3. The lowest BCUT2D eigenvalue weighted by Crippen LogP contribution is -2.44. The molecule has 1 unspecified atom stereocenters. The third-order valence-corrected chi connectivity index (χ3v) is 5.75. The maximum atomic E-state index is 12.4. The lowest BCUT2D eigenvalue weighted by Gasteiger charge is -2.27. The molecule has 7 nitrogen and oxygen atoms in total. The van der Waals surface area contributed by atoms with E-state index in [0.29, 0.717) is 13.1 Å². The zero-order valence-corrected chi connectivity index (χ0v) is 13.9. The van der Waals surface area contributed by atoms with Gasteiger partial charge < -0.3 is 0 Å². The second kappa shape index (κ2) is 6.77. The van der Waals surface area contributed by atoms with E-state index in [2.05, 4.69) is 14.8 Å². The van der Waals surface area contributed by atoms with Gasteiger partial charge in [-0.2, -0.15) is 22.5 Å². The van der Waals surface area contributed by atoms with Crippen molar-refractivity contribution >= 4 is 10.2 Å². The van der Waals surface area contributed by atoms with Crippen molar-refractivity contribution in [1.29, 1.82) is 0 Å². The normalized spacial score (nSPS) is 18.0. The lowest BCUT2D eigenvalue weighted by molar-refractivity contribution is 0.339. The number of hydrogen-bond acceptors (Lipinski definition) is 4. The van der Waals surface area contributed by atoms with E-state index in [9.17, 15) is 8.42 Å². The quantitative estimate of drug-likeness (QED) is 0.901. The Morgan fingerprint density at radius 1 is 1.13 bits per heavy atom. The Bertz CT molecular complexity index is 722. The van der Waals surface area contributed by atoms with Gasteiger partial charge in [0, 0.05) is 19.1 Å². The zero-order chi connectivity index (χ0) is 16.3. The number of aromatic nitrogens is 3. The summed E-state index contributed by atoms with van der Waals surface area (Å²) < 4.78 is 30.8. The van der Waals surface area contributed by atoms with Crippen molar-refractivity contribution < 1.29 is 8.42 Å². The highest BCUT2D eigenvalue weighted by molar-refractivity contribution is 7.87. The van der Waals surface area contributed by atoms with Crippen LogP contribution in [0.5, 0.6) is 0 Å². The first kappa shape index (κ1) is 16.1. The third-order valence-electron chi connectivity index (χ3n) is 4.06. The summed E-state index contributed by atoms with van der Waals surface area (Å²) in [7, 11) is -3.43. The fourth-order valence-corrected chi connectivity index (χ4v) is 4.20. The van der Waals surface area contributed by atoms with Gasteiger partial charge in [-0.1, -0.05) is 18.6 Å². The molecule has 8 heteroatoms. The number of nitrogens with one attached hydrogen (secondary N) is 1. The van der Waals surface area contributed by atoms with E-state index < -0.39 is 10.2 Å². The highest BCUT2D eigenvalue weighted by atomic mass is 32.2. The average molecular weight is 335 g/mol. The van der Waals surface area contributed by atoms with E-state index in [1.54, 1.807) is 11.0 Å². The van der Waals surface area contributed by atoms with Gasteiger partial charge in [-0.15, -0.1) is 0 Å². The largest absolute Gasteiger partial charge is 0.279 e. The molecular weight excluding hydrogens is 314 g/mol. The fraction of sp³-hybridized carbons (Fsp3) is 0.467. The van der Waals surface area contributed by atoms with Gasteiger partial charge in [0.05, 0.1) is 5.69 Å². The summed E-state index contributed by atoms with van der Waals surface area (Å²) in [5, 5.41) is 4.07. The van der Waals surface area contributed by atoms with Gasteiger partial charge in [0.2, 0.25) is 0 Å². The topological polar surface area (TPSA) is 80.1 Å². The summed E-state index contributed by atoms with van der Waals surface area (Å²) in [6.07, 6.45) is 6.07. The van der Waals surface area contributed by atoms with Crippen molar-refractivity contribution in [2.24, 2.45) is 0 Å². The van der Waals surface area contributed by atoms with Crippen LogP contribution >= 0.6 is 0 Å². The molecule has 2 aromatic rings. The van der Waals surface area contributed by atoms with Gasteiger partial charge in [0.15, 0.2) is 0 Å². The van der Waals surface area contributed by atoms with Gasteiger partial charge in [0.25, 0.3) is 10.2 Å². The minimum atomic E-state index is -3.43. The molecule has 1 aliphatic heterocycles. The molecular formula is C15H21N5O2S. The van der Waals surface area contributed by atoms with E-state index in [0.717, 1.165) is 30.5 Å². The molecule has 1 atom stereocenters. The minimum Gasteiger partial charge on any atom is -0.223 e. The Morgan fingerprint density at radius 2 is 1.83 bits per heavy atom. The number of piperidine rings is 1. The summed E-state index contributed by atoms with van der Waals surface area (Å²) in [5.74, 6) is 0. The summed E-state index contributed by atoms with van der Waals surface area (Å²) in [6.45, 7) is 3.06. The molecule has 1 N–H and O–H groups in total. The zero-order valence-electron chi connectivity index (χ0n) is 13.1. The predicted octanol–water partition coefficient (Wildman–Crippen LogP) is 1.65. The molecule has 0 aliphatic carbocycles. The van der Waals surface area contributed by atoms with Gasteiger partial charge in [-0.25, -0.2) is 9.67 Å². The van der Waals surface area contributed by atoms with E-state index in [1.807, 2.05) is 31.2 Å². The van der Waals surface area contributed by atoms with Gasteiger partial charge >= 0.3 is 0 Å². The van der Waals surface area contributed by atoms with Crippen LogP contribution in [-0.2, 0) is 10.2 Å². The monoisotopic (exact) mass is 335 g/mol. The molecule has 0 saturated carbocycles. The summed E-state index contributed by atoms with van der Waals surface area (Å²) in [5.41, 5.74) is 1.80. The lowest BCUT2D eigenvalue weighted by atomic mass is 10.1. The average Bonchev–Trinajstić information content (AvgIpc) is 3.10. The van der Waals surface area contributed by atoms with Gasteiger partial charge in [-0.3, -0.25) is 0 Å². The first-order valence-corrected chi connectivity index (χ1v) is 9.23. The predicted molar refractivity (Wildman–Crippen MR) is 87.3 cm³/mol. The molecule has 23 heavy (non-hydrogen) atoms. The van der Waals surface area contributed by atoms with Gasteiger partial charge in [0.1, 0.15) is 12.7 Å². The van der Waals surface area contributed by atoms with Crippen LogP contribution in [0.2, 0.25) is 0 Å². The molecule has 124 valence electrons. The second-order valence-corrected chi connectivity index (χ2v) is 7.44. The molecule has 0 amide bonds. The molecule has 1 aromatic heterocycles. The van der Waals surface area contributed by atoms with Crippen LogP contribution in [0.25, 0.3) is 5.69 Å². The Kier molecular flexibility index (Phi) is 4.74. The van der Waals surface area contributed by atoms with Crippen LogP contribution in [0.3, 0.4) is 0 Å². The maximum absolute atomic E-state index is 12.4. The van der Waals surface area contributed by atoms with E-state index in [-0.39, 0.29) is 6.04 Å². The maximum Gasteiger partial charge on any atom is 0.279 e. The van der Waals surface area contributed by atoms with Crippen LogP contribution in [-0.4, -0.2) is 40.6 Å². The Hall–Kier alpha value is -1.77. The van der Waals surface area contributed by atoms with Crippen molar-refractivity contribution in [3.8, 4) is 5.69 Å². The van der Waals surface area contributed by atoms with Gasteiger partial charge in [-0.05, 0) is 37.5 Å². The van der Waals surface area contributed by atoms with Crippen molar-refractivity contribution in [3.63, 3.8) is 0 Å². The molecule has 1 saturated heterocycles. The molecule has 2 heterocycles. The third kappa shape index (κ3) is 3.77. The highest BCUT2D eigenvalue weighted by Gasteiger charge is 2.25. The van der Waals surface area contributed by atoms with Crippen LogP contribution in [0.4, 0.5) is 0 Å². The number of hydrogen-bond donors (Lipinski definition) is 1. The van der Waals surface area contributed by atoms with Crippen LogP contribution < -0.4 is 4.72 Å². The van der Waals surface area contributed by atoms with Crippen LogP contribution in [0, 0.1) is 0 Å². The van der Waals surface area contributed by atoms with Crippen molar-refractivity contribution in [2.75, 3.05) is 13.1 Å². The first-order chi connectivity index (χ1) is 11.1. The SMILES string of the molecule is CC(NS(=O)(=O)N1CCCCC1)c1ccc(-n2cncn2)cc1. The molecule has 1 aromatic carbocycles. The summed E-state index contributed by atoms with van der Waals surface area (Å²) in [6, 6.07) is 7.32. The van der Waals surface area contributed by atoms with E-state index in [1.165, 1.54) is 10.6 Å². The highest BCUT2D eigenvalue weighted by Crippen LogP contribution is 2.18. The molecule has 3 rings (SSSR count). The van der Waals surface area contributed by atoms with Crippen molar-refractivity contribution in [2.45, 2.75) is 32.2 Å². The molecule has 0 radical (unpaired) electrons. The fourth-order valence-electron chi connectivity index (χ4n) is 2.73. The Labute approximate surface area is 136 Å². The number of nitrogens with zero attached hydrogens (tertiary/aromatic N) is 4. The Balaban J connectivity index is 1.69. The van der Waals surface area contributed by atoms with Crippen molar-refractivity contribution in [3.05, 3.63) is 42.5 Å². The van der Waals surface area contributed by atoms with Crippen LogP contribution in [0.15, 0.2) is 36.9 Å². The van der Waals surface area contributed by atoms with E-state index in [4.69, 9.17) is 0 Å².